The smallest absolute Gasteiger partial charge is 0.337 e. The molecule has 0 spiro atoms. The highest BCUT2D eigenvalue weighted by Gasteiger charge is 2.17. The van der Waals surface area contributed by atoms with Gasteiger partial charge in [-0.1, -0.05) is 60.7 Å². The SMILES string of the molecule is Cc1cn(-c2cccs2)cc1Cc1cccc(OCCc2nc(-c3ccccc3)oc2C)c1.Cc1oc(-c2ccccc2)nc1CCOc1cccc(Cc2cn(-c3cccs3)cc2C(=O)O)c1. The van der Waals surface area contributed by atoms with E-state index in [1.165, 1.54) is 21.7 Å². The van der Waals surface area contributed by atoms with Gasteiger partial charge in [-0.15, -0.1) is 22.7 Å². The number of oxazole rings is 2. The summed E-state index contributed by atoms with van der Waals surface area (Å²) in [7, 11) is 0. The van der Waals surface area contributed by atoms with Gasteiger partial charge in [-0.05, 0) is 145 Å². The third-order valence-electron chi connectivity index (χ3n) is 11.4. The Morgan fingerprint density at radius 3 is 1.54 bits per heavy atom. The second-order valence-electron chi connectivity index (χ2n) is 16.3. The zero-order valence-electron chi connectivity index (χ0n) is 38.0. The second-order valence-corrected chi connectivity index (χ2v) is 18.2. The van der Waals surface area contributed by atoms with Crippen LogP contribution in [0.2, 0.25) is 0 Å². The molecule has 0 aliphatic carbocycles. The van der Waals surface area contributed by atoms with Crippen LogP contribution in [-0.2, 0) is 25.7 Å². The lowest BCUT2D eigenvalue weighted by atomic mass is 10.0. The summed E-state index contributed by atoms with van der Waals surface area (Å²) in [6, 6.07) is 44.1. The molecule has 10 rings (SSSR count). The zero-order valence-corrected chi connectivity index (χ0v) is 39.6. The minimum Gasteiger partial charge on any atom is -0.493 e. The number of rotatable bonds is 17. The van der Waals surface area contributed by atoms with Gasteiger partial charge in [-0.2, -0.15) is 0 Å². The fourth-order valence-electron chi connectivity index (χ4n) is 7.89. The first-order chi connectivity index (χ1) is 33.2. The van der Waals surface area contributed by atoms with Crippen LogP contribution in [0.5, 0.6) is 11.5 Å². The molecule has 0 radical (unpaired) electrons. The van der Waals surface area contributed by atoms with Gasteiger partial charge in [0.1, 0.15) is 23.0 Å². The maximum atomic E-state index is 11.8. The van der Waals surface area contributed by atoms with Crippen LogP contribution in [0.15, 0.2) is 178 Å². The number of nitrogens with zero attached hydrogens (tertiary/aromatic N) is 4. The normalized spacial score (nSPS) is 11.0. The number of aromatic nitrogens is 4. The maximum absolute atomic E-state index is 11.8. The monoisotopic (exact) mass is 938 g/mol. The topological polar surface area (TPSA) is 118 Å². The van der Waals surface area contributed by atoms with Gasteiger partial charge >= 0.3 is 5.97 Å². The average molecular weight is 939 g/mol. The third kappa shape index (κ3) is 11.3. The number of carboxylic acid groups (broad SMARTS) is 1. The van der Waals surface area contributed by atoms with E-state index in [9.17, 15) is 9.90 Å². The van der Waals surface area contributed by atoms with Gasteiger partial charge in [-0.25, -0.2) is 14.8 Å². The Kier molecular flexibility index (Phi) is 14.3. The lowest BCUT2D eigenvalue weighted by Crippen LogP contribution is -2.03. The number of ether oxygens (including phenoxy) is 2. The molecule has 0 aliphatic rings. The van der Waals surface area contributed by atoms with E-state index in [4.69, 9.17) is 18.3 Å². The maximum Gasteiger partial charge on any atom is 0.337 e. The Bertz CT molecular complexity index is 3200. The van der Waals surface area contributed by atoms with Crippen molar-refractivity contribution in [1.29, 1.82) is 0 Å². The predicted molar refractivity (Wildman–Crippen MR) is 269 cm³/mol. The second kappa shape index (κ2) is 21.3. The van der Waals surface area contributed by atoms with E-state index in [0.29, 0.717) is 49.8 Å². The standard InChI is InChI=1S/C28H24N2O4S.C28H26N2O2S/c1-19-25(29-27(34-19)21-8-3-2-4-9-21)12-13-33-23-10-5-7-20(16-23)15-22-17-30(18-24(22)28(31)32)26-11-6-14-35-26;1-20-18-30(27-12-7-15-33-27)19-24(20)16-22-8-6-11-25(17-22)31-14-13-26-21(2)32-28(29-26)23-9-4-3-5-10-23/h2-11,14,16-18H,12-13,15H2,1H3,(H,31,32);3-12,15,17-19H,13-14,16H2,1-2H3. The molecule has 6 heterocycles. The minimum absolute atomic E-state index is 0.306. The molecule has 12 heteroatoms. The minimum atomic E-state index is -0.930. The Labute approximate surface area is 403 Å². The highest BCUT2D eigenvalue weighted by molar-refractivity contribution is 7.12. The van der Waals surface area contributed by atoms with Crippen LogP contribution in [0, 0.1) is 20.8 Å². The van der Waals surface area contributed by atoms with Gasteiger partial charge in [0.15, 0.2) is 0 Å². The average Bonchev–Trinajstić information content (AvgIpc) is 4.23. The van der Waals surface area contributed by atoms with Crippen molar-refractivity contribution in [3.8, 4) is 44.4 Å². The highest BCUT2D eigenvalue weighted by Crippen LogP contribution is 2.27. The lowest BCUT2D eigenvalue weighted by molar-refractivity contribution is 0.0696. The van der Waals surface area contributed by atoms with Crippen LogP contribution in [0.25, 0.3) is 32.9 Å². The molecule has 1 N–H and O–H groups in total. The first-order valence-electron chi connectivity index (χ1n) is 22.4. The molecule has 4 aromatic carbocycles. The fourth-order valence-corrected chi connectivity index (χ4v) is 9.25. The number of carbonyl (C=O) groups is 1. The Hall–Kier alpha value is -7.67. The molecule has 0 saturated carbocycles. The Morgan fingerprint density at radius 1 is 0.574 bits per heavy atom. The first-order valence-corrected chi connectivity index (χ1v) is 24.1. The molecule has 0 amide bonds. The van der Waals surface area contributed by atoms with Gasteiger partial charge in [0.05, 0.1) is 40.2 Å². The number of thiophene rings is 2. The summed E-state index contributed by atoms with van der Waals surface area (Å²) in [5.41, 5.74) is 9.67. The molecule has 68 heavy (non-hydrogen) atoms. The van der Waals surface area contributed by atoms with Crippen molar-refractivity contribution in [3.63, 3.8) is 0 Å². The molecule has 6 aromatic heterocycles. The van der Waals surface area contributed by atoms with E-state index in [1.54, 1.807) is 28.9 Å². The van der Waals surface area contributed by atoms with E-state index in [1.807, 2.05) is 133 Å². The van der Waals surface area contributed by atoms with E-state index in [0.717, 1.165) is 68.1 Å². The number of hydrogen-bond donors (Lipinski definition) is 1. The number of hydrogen-bond acceptors (Lipinski definition) is 9. The van der Waals surface area contributed by atoms with Gasteiger partial charge in [-0.3, -0.25) is 0 Å². The molecule has 342 valence electrons. The van der Waals surface area contributed by atoms with Crippen LogP contribution >= 0.6 is 22.7 Å². The van der Waals surface area contributed by atoms with Crippen molar-refractivity contribution < 1.29 is 28.2 Å². The molecule has 0 atom stereocenters. The van der Waals surface area contributed by atoms with Crippen molar-refractivity contribution in [2.75, 3.05) is 13.2 Å². The van der Waals surface area contributed by atoms with Crippen molar-refractivity contribution >= 4 is 28.6 Å². The number of benzene rings is 4. The summed E-state index contributed by atoms with van der Waals surface area (Å²) in [6.45, 7) is 7.06. The first kappa shape index (κ1) is 45.5. The van der Waals surface area contributed by atoms with Gasteiger partial charge in [0, 0.05) is 48.8 Å². The van der Waals surface area contributed by atoms with Crippen LogP contribution in [-0.4, -0.2) is 43.4 Å². The Morgan fingerprint density at radius 2 is 1.06 bits per heavy atom. The summed E-state index contributed by atoms with van der Waals surface area (Å²) in [4.78, 5) is 21.1. The number of aryl methyl sites for hydroxylation is 3. The van der Waals surface area contributed by atoms with Crippen LogP contribution in [0.4, 0.5) is 0 Å². The third-order valence-corrected chi connectivity index (χ3v) is 13.2. The molecular weight excluding hydrogens is 889 g/mol. The summed E-state index contributed by atoms with van der Waals surface area (Å²) in [5, 5.41) is 16.0. The zero-order chi connectivity index (χ0) is 46.8. The van der Waals surface area contributed by atoms with E-state index in [2.05, 4.69) is 69.6 Å². The van der Waals surface area contributed by atoms with Crippen molar-refractivity contribution in [3.05, 3.63) is 225 Å². The highest BCUT2D eigenvalue weighted by atomic mass is 32.1. The van der Waals surface area contributed by atoms with Gasteiger partial charge in [0.25, 0.3) is 0 Å². The van der Waals surface area contributed by atoms with Crippen molar-refractivity contribution in [1.82, 2.24) is 19.1 Å². The summed E-state index contributed by atoms with van der Waals surface area (Å²) in [6.07, 6.45) is 10.7. The molecule has 0 bridgehead atoms. The molecule has 0 saturated heterocycles. The lowest BCUT2D eigenvalue weighted by Gasteiger charge is -2.08. The molecule has 10 aromatic rings. The van der Waals surface area contributed by atoms with Gasteiger partial charge < -0.3 is 32.5 Å². The quantitative estimate of drug-likeness (QED) is 0.0959. The van der Waals surface area contributed by atoms with E-state index in [-0.39, 0.29) is 0 Å². The predicted octanol–water partition coefficient (Wildman–Crippen LogP) is 13.4. The molecule has 0 unspecified atom stereocenters. The molecule has 0 fully saturated rings. The summed E-state index contributed by atoms with van der Waals surface area (Å²) in [5.74, 6) is 3.60. The van der Waals surface area contributed by atoms with Crippen LogP contribution in [0.1, 0.15) is 61.1 Å². The van der Waals surface area contributed by atoms with Crippen molar-refractivity contribution in [2.24, 2.45) is 0 Å². The molecule has 0 aliphatic heterocycles. The van der Waals surface area contributed by atoms with Crippen LogP contribution in [0.3, 0.4) is 0 Å². The Balaban J connectivity index is 0.000000170. The molecule has 10 nitrogen and oxygen atoms in total. The number of aromatic carboxylic acids is 1. The van der Waals surface area contributed by atoms with Crippen LogP contribution < -0.4 is 9.47 Å². The fraction of sp³-hybridized carbons (Fsp3) is 0.161. The van der Waals surface area contributed by atoms with E-state index < -0.39 is 5.97 Å². The summed E-state index contributed by atoms with van der Waals surface area (Å²) >= 11 is 3.31. The molecular formula is C56H50N4O6S2. The van der Waals surface area contributed by atoms with Gasteiger partial charge in [0.2, 0.25) is 11.8 Å². The van der Waals surface area contributed by atoms with Crippen molar-refractivity contribution in [2.45, 2.75) is 46.5 Å². The number of carboxylic acids is 1. The summed E-state index contributed by atoms with van der Waals surface area (Å²) < 4.78 is 27.8. The van der Waals surface area contributed by atoms with E-state index >= 15 is 0 Å². The largest absolute Gasteiger partial charge is 0.493 e.